The number of benzene rings is 2. The van der Waals surface area contributed by atoms with E-state index in [-0.39, 0.29) is 13.2 Å². The molecular formula is C19H19FN2O5. The Balaban J connectivity index is 1.62. The third-order valence-electron chi connectivity index (χ3n) is 3.28. The molecule has 0 unspecified atom stereocenters. The summed E-state index contributed by atoms with van der Waals surface area (Å²) in [6, 6.07) is 12.3. The molecule has 0 radical (unpaired) electrons. The number of carbonyl (C=O) groups is 3. The average Bonchev–Trinajstić information content (AvgIpc) is 2.65. The highest BCUT2D eigenvalue weighted by Crippen LogP contribution is 2.12. The zero-order chi connectivity index (χ0) is 19.6. The maximum absolute atomic E-state index is 12.8. The Morgan fingerprint density at radius 2 is 1.74 bits per heavy atom. The fourth-order valence-corrected chi connectivity index (χ4v) is 2.00. The van der Waals surface area contributed by atoms with E-state index in [1.54, 1.807) is 18.2 Å². The first-order valence-corrected chi connectivity index (χ1v) is 8.09. The Hall–Kier alpha value is -3.42. The quantitative estimate of drug-likeness (QED) is 0.688. The highest BCUT2D eigenvalue weighted by Gasteiger charge is 2.10. The molecule has 0 spiro atoms. The number of amides is 2. The maximum atomic E-state index is 12.8. The molecule has 2 aromatic rings. The van der Waals surface area contributed by atoms with Crippen LogP contribution in [-0.4, -0.2) is 37.5 Å². The minimum absolute atomic E-state index is 0.312. The van der Waals surface area contributed by atoms with Crippen LogP contribution in [0.1, 0.15) is 5.56 Å². The lowest BCUT2D eigenvalue weighted by Crippen LogP contribution is -2.36. The van der Waals surface area contributed by atoms with Gasteiger partial charge in [0.1, 0.15) is 11.6 Å². The fraction of sp³-hybridized carbons (Fsp3) is 0.211. The van der Waals surface area contributed by atoms with Gasteiger partial charge in [0.2, 0.25) is 5.91 Å². The van der Waals surface area contributed by atoms with Crippen LogP contribution in [0.25, 0.3) is 0 Å². The van der Waals surface area contributed by atoms with E-state index in [0.717, 1.165) is 5.56 Å². The van der Waals surface area contributed by atoms with Gasteiger partial charge >= 0.3 is 5.97 Å². The second kappa shape index (κ2) is 9.91. The monoisotopic (exact) mass is 374 g/mol. The predicted octanol–water partition coefficient (Wildman–Crippen LogP) is 1.81. The van der Waals surface area contributed by atoms with Crippen molar-refractivity contribution in [2.75, 3.05) is 25.1 Å². The average molecular weight is 374 g/mol. The second-order valence-corrected chi connectivity index (χ2v) is 5.60. The summed E-state index contributed by atoms with van der Waals surface area (Å²) in [6.45, 7) is 0.719. The minimum atomic E-state index is -0.706. The Bertz CT molecular complexity index is 808. The van der Waals surface area contributed by atoms with Crippen molar-refractivity contribution in [1.29, 1.82) is 0 Å². The van der Waals surface area contributed by atoms with E-state index in [2.05, 4.69) is 10.6 Å². The fourth-order valence-electron chi connectivity index (χ4n) is 2.00. The number of aryl methyl sites for hydroxylation is 1. The molecule has 27 heavy (non-hydrogen) atoms. The Morgan fingerprint density at radius 1 is 1.00 bits per heavy atom. The first-order chi connectivity index (χ1) is 12.9. The molecule has 0 atom stereocenters. The highest BCUT2D eigenvalue weighted by atomic mass is 19.1. The molecule has 0 aliphatic carbocycles. The van der Waals surface area contributed by atoms with E-state index < -0.39 is 30.2 Å². The number of ether oxygens (including phenoxy) is 2. The largest absolute Gasteiger partial charge is 0.482 e. The van der Waals surface area contributed by atoms with Crippen LogP contribution in [0.5, 0.6) is 5.75 Å². The molecule has 0 bridgehead atoms. The number of hydrogen-bond acceptors (Lipinski definition) is 5. The standard InChI is InChI=1S/C19H19FN2O5/c1-13-3-2-4-16(9-13)26-12-19(25)27-11-18(24)21-10-17(23)22-15-7-5-14(20)6-8-15/h2-9H,10-12H2,1H3,(H,21,24)(H,22,23). The van der Waals surface area contributed by atoms with Crippen LogP contribution in [0.3, 0.4) is 0 Å². The van der Waals surface area contributed by atoms with Crippen molar-refractivity contribution in [3.05, 3.63) is 59.9 Å². The van der Waals surface area contributed by atoms with Gasteiger partial charge in [0.05, 0.1) is 6.54 Å². The van der Waals surface area contributed by atoms with Gasteiger partial charge < -0.3 is 20.1 Å². The van der Waals surface area contributed by atoms with Crippen LogP contribution >= 0.6 is 0 Å². The normalized spacial score (nSPS) is 10.0. The zero-order valence-electron chi connectivity index (χ0n) is 14.7. The number of hydrogen-bond donors (Lipinski definition) is 2. The molecule has 0 aliphatic heterocycles. The lowest BCUT2D eigenvalue weighted by molar-refractivity contribution is -0.150. The Labute approximate surface area is 155 Å². The van der Waals surface area contributed by atoms with Crippen molar-refractivity contribution in [1.82, 2.24) is 5.32 Å². The van der Waals surface area contributed by atoms with Crippen molar-refractivity contribution in [3.8, 4) is 5.75 Å². The Morgan fingerprint density at radius 3 is 2.44 bits per heavy atom. The zero-order valence-corrected chi connectivity index (χ0v) is 14.7. The number of rotatable bonds is 8. The van der Waals surface area contributed by atoms with Gasteiger partial charge in [-0.1, -0.05) is 12.1 Å². The maximum Gasteiger partial charge on any atom is 0.344 e. The van der Waals surface area contributed by atoms with E-state index in [1.165, 1.54) is 24.3 Å². The van der Waals surface area contributed by atoms with E-state index >= 15 is 0 Å². The summed E-state index contributed by atoms with van der Waals surface area (Å²) in [6.07, 6.45) is 0. The van der Waals surface area contributed by atoms with Crippen LogP contribution in [0.2, 0.25) is 0 Å². The highest BCUT2D eigenvalue weighted by molar-refractivity contribution is 5.94. The van der Waals surface area contributed by atoms with Gasteiger partial charge in [-0.15, -0.1) is 0 Å². The van der Waals surface area contributed by atoms with Gasteiger partial charge in [0.25, 0.3) is 5.91 Å². The molecule has 7 nitrogen and oxygen atoms in total. The minimum Gasteiger partial charge on any atom is -0.482 e. The summed E-state index contributed by atoms with van der Waals surface area (Å²) in [7, 11) is 0. The summed E-state index contributed by atoms with van der Waals surface area (Å²) >= 11 is 0. The van der Waals surface area contributed by atoms with Gasteiger partial charge in [-0.3, -0.25) is 9.59 Å². The molecule has 0 saturated carbocycles. The Kier molecular flexibility index (Phi) is 7.30. The number of esters is 1. The van der Waals surface area contributed by atoms with E-state index in [4.69, 9.17) is 9.47 Å². The number of nitrogens with one attached hydrogen (secondary N) is 2. The molecule has 0 aliphatic rings. The van der Waals surface area contributed by atoms with Crippen LogP contribution < -0.4 is 15.4 Å². The molecule has 0 saturated heterocycles. The SMILES string of the molecule is Cc1cccc(OCC(=O)OCC(=O)NCC(=O)Nc2ccc(F)cc2)c1. The second-order valence-electron chi connectivity index (χ2n) is 5.60. The van der Waals surface area contributed by atoms with Crippen LogP contribution in [-0.2, 0) is 19.1 Å². The molecule has 8 heteroatoms. The molecule has 0 fully saturated rings. The van der Waals surface area contributed by atoms with Gasteiger partial charge in [-0.25, -0.2) is 9.18 Å². The van der Waals surface area contributed by atoms with Crippen molar-refractivity contribution in [2.24, 2.45) is 0 Å². The van der Waals surface area contributed by atoms with Crippen molar-refractivity contribution in [3.63, 3.8) is 0 Å². The third-order valence-corrected chi connectivity index (χ3v) is 3.28. The van der Waals surface area contributed by atoms with Crippen molar-refractivity contribution in [2.45, 2.75) is 6.92 Å². The molecular weight excluding hydrogens is 355 g/mol. The smallest absolute Gasteiger partial charge is 0.344 e. The van der Waals surface area contributed by atoms with Gasteiger partial charge in [0, 0.05) is 5.69 Å². The van der Waals surface area contributed by atoms with Gasteiger partial charge in [-0.05, 0) is 48.9 Å². The van der Waals surface area contributed by atoms with Crippen LogP contribution in [0, 0.1) is 12.7 Å². The van der Waals surface area contributed by atoms with E-state index in [9.17, 15) is 18.8 Å². The van der Waals surface area contributed by atoms with Crippen molar-refractivity contribution >= 4 is 23.5 Å². The lowest BCUT2D eigenvalue weighted by atomic mass is 10.2. The summed E-state index contributed by atoms with van der Waals surface area (Å²) in [4.78, 5) is 34.9. The van der Waals surface area contributed by atoms with Gasteiger partial charge in [0.15, 0.2) is 13.2 Å². The number of halogens is 1. The summed E-state index contributed by atoms with van der Waals surface area (Å²) in [5.74, 6) is -1.73. The van der Waals surface area contributed by atoms with Gasteiger partial charge in [-0.2, -0.15) is 0 Å². The topological polar surface area (TPSA) is 93.7 Å². The summed E-state index contributed by atoms with van der Waals surface area (Å²) in [5.41, 5.74) is 1.38. The first-order valence-electron chi connectivity index (χ1n) is 8.09. The first kappa shape index (κ1) is 19.9. The van der Waals surface area contributed by atoms with E-state index in [1.807, 2.05) is 13.0 Å². The predicted molar refractivity (Wildman–Crippen MR) is 95.7 cm³/mol. The molecule has 2 aromatic carbocycles. The molecule has 2 amide bonds. The van der Waals surface area contributed by atoms with Crippen LogP contribution in [0.15, 0.2) is 48.5 Å². The lowest BCUT2D eigenvalue weighted by Gasteiger charge is -2.09. The molecule has 142 valence electrons. The van der Waals surface area contributed by atoms with Crippen molar-refractivity contribution < 1.29 is 28.2 Å². The third kappa shape index (κ3) is 7.55. The van der Waals surface area contributed by atoms with Crippen LogP contribution in [0.4, 0.5) is 10.1 Å². The molecule has 2 N–H and O–H groups in total. The molecule has 2 rings (SSSR count). The molecule has 0 aromatic heterocycles. The summed E-state index contributed by atoms with van der Waals surface area (Å²) in [5, 5.41) is 4.79. The molecule has 0 heterocycles. The number of carbonyl (C=O) groups excluding carboxylic acids is 3. The number of anilines is 1. The summed E-state index contributed by atoms with van der Waals surface area (Å²) < 4.78 is 22.8. The van der Waals surface area contributed by atoms with E-state index in [0.29, 0.717) is 11.4 Å².